The number of pyridine rings is 1. The maximum absolute atomic E-state index is 14.4. The summed E-state index contributed by atoms with van der Waals surface area (Å²) in [6.07, 6.45) is 0.0275. The van der Waals surface area contributed by atoms with Crippen LogP contribution in [0.1, 0.15) is 47.2 Å². The number of aromatic nitrogens is 1. The van der Waals surface area contributed by atoms with Crippen molar-refractivity contribution in [2.24, 2.45) is 0 Å². The van der Waals surface area contributed by atoms with Crippen molar-refractivity contribution in [3.8, 4) is 11.1 Å². The third-order valence-electron chi connectivity index (χ3n) is 8.89. The van der Waals surface area contributed by atoms with Crippen LogP contribution in [0.15, 0.2) is 78.2 Å². The number of hydrogen-bond acceptors (Lipinski definition) is 5. The molecule has 44 heavy (non-hydrogen) atoms. The van der Waals surface area contributed by atoms with E-state index in [0.717, 1.165) is 67.7 Å². The Balaban J connectivity index is 1.24. The molecule has 0 radical (unpaired) electrons. The largest absolute Gasteiger partial charge is 0.416 e. The summed E-state index contributed by atoms with van der Waals surface area (Å²) in [4.78, 5) is 23.7. The van der Waals surface area contributed by atoms with Crippen LogP contribution in [0, 0.1) is 0 Å². The number of amides is 1. The minimum atomic E-state index is -4.38. The second-order valence-electron chi connectivity index (χ2n) is 11.8. The highest BCUT2D eigenvalue weighted by Gasteiger charge is 2.33. The van der Waals surface area contributed by atoms with Gasteiger partial charge in [0.05, 0.1) is 16.6 Å². The monoisotopic (exact) mass is 614 g/mol. The molecule has 1 atom stereocenters. The molecule has 2 aliphatic rings. The van der Waals surface area contributed by atoms with Crippen molar-refractivity contribution in [1.29, 1.82) is 0 Å². The van der Waals surface area contributed by atoms with Crippen LogP contribution < -0.4 is 5.32 Å². The molecule has 7 rings (SSSR count). The summed E-state index contributed by atoms with van der Waals surface area (Å²) in [5, 5.41) is 7.40. The summed E-state index contributed by atoms with van der Waals surface area (Å²) < 4.78 is 40.3. The van der Waals surface area contributed by atoms with Gasteiger partial charge in [-0.3, -0.25) is 4.79 Å². The maximum atomic E-state index is 14.4. The summed E-state index contributed by atoms with van der Waals surface area (Å²) in [6, 6.07) is 21.5. The smallest absolute Gasteiger partial charge is 0.366 e. The summed E-state index contributed by atoms with van der Waals surface area (Å²) >= 11 is 1.70. The molecule has 226 valence electrons. The summed E-state index contributed by atoms with van der Waals surface area (Å²) in [6.45, 7) is 4.09. The number of hydrogen-bond donors (Lipinski definition) is 1. The number of carbonyl (C=O) groups excluding carboxylic acids is 1. The van der Waals surface area contributed by atoms with E-state index < -0.39 is 11.7 Å². The van der Waals surface area contributed by atoms with Gasteiger partial charge in [0, 0.05) is 46.7 Å². The predicted octanol–water partition coefficient (Wildman–Crippen LogP) is 8.45. The fourth-order valence-corrected chi connectivity index (χ4v) is 7.55. The Morgan fingerprint density at radius 3 is 2.52 bits per heavy atom. The third kappa shape index (κ3) is 5.78. The molecule has 2 saturated heterocycles. The second-order valence-corrected chi connectivity index (χ2v) is 12.7. The Kier molecular flexibility index (Phi) is 7.76. The Hall–Kier alpha value is -3.95. The van der Waals surface area contributed by atoms with Gasteiger partial charge in [0.25, 0.3) is 5.91 Å². The van der Waals surface area contributed by atoms with Crippen LogP contribution in [-0.4, -0.2) is 52.9 Å². The number of anilines is 1. The molecule has 2 aliphatic heterocycles. The summed E-state index contributed by atoms with van der Waals surface area (Å²) in [7, 11) is 0. The average molecular weight is 615 g/mol. The van der Waals surface area contributed by atoms with Crippen LogP contribution in [0.2, 0.25) is 0 Å². The number of thiophene rings is 1. The SMILES string of the molecule is O=C(c1cc(NCc2ccc(C(F)(F)F)cc2)nc2ccc(-c3csc4ccccc34)cc12)N1CCC[C@H]1CN1CCCC1. The Labute approximate surface area is 258 Å². The van der Waals surface area contributed by atoms with E-state index in [9.17, 15) is 18.0 Å². The van der Waals surface area contributed by atoms with E-state index in [1.165, 1.54) is 35.1 Å². The van der Waals surface area contributed by atoms with E-state index in [-0.39, 0.29) is 18.5 Å². The molecule has 3 aromatic carbocycles. The molecule has 2 fully saturated rings. The standard InChI is InChI=1S/C35H33F3N4OS/c36-35(37,38)25-12-9-23(10-13-25)20-39-33-19-29(34(43)42-17-5-6-26(42)21-41-15-3-4-16-41)28-18-24(11-14-31(28)40-33)30-22-44-32-8-2-1-7-27(30)32/h1-2,7-14,18-19,22,26H,3-6,15-17,20-21H2,(H,39,40)/t26-/m0/s1. The number of halogens is 3. The fourth-order valence-electron chi connectivity index (χ4n) is 6.58. The third-order valence-corrected chi connectivity index (χ3v) is 9.86. The lowest BCUT2D eigenvalue weighted by atomic mass is 9.99. The normalized spacial score (nSPS) is 17.6. The number of rotatable bonds is 7. The van der Waals surface area contributed by atoms with E-state index >= 15 is 0 Å². The van der Waals surface area contributed by atoms with Crippen LogP contribution in [0.5, 0.6) is 0 Å². The molecule has 4 heterocycles. The first-order chi connectivity index (χ1) is 21.3. The summed E-state index contributed by atoms with van der Waals surface area (Å²) in [5.74, 6) is 0.522. The van der Waals surface area contributed by atoms with E-state index in [0.29, 0.717) is 22.5 Å². The van der Waals surface area contributed by atoms with Crippen molar-refractivity contribution < 1.29 is 18.0 Å². The Morgan fingerprint density at radius 2 is 1.73 bits per heavy atom. The van der Waals surface area contributed by atoms with Crippen LogP contribution in [0.3, 0.4) is 0 Å². The van der Waals surface area contributed by atoms with Gasteiger partial charge in [0.15, 0.2) is 0 Å². The van der Waals surface area contributed by atoms with Gasteiger partial charge in [-0.25, -0.2) is 4.98 Å². The van der Waals surface area contributed by atoms with Crippen LogP contribution >= 0.6 is 11.3 Å². The lowest BCUT2D eigenvalue weighted by Crippen LogP contribution is -2.42. The van der Waals surface area contributed by atoms with Gasteiger partial charge in [-0.15, -0.1) is 11.3 Å². The van der Waals surface area contributed by atoms with Gasteiger partial charge < -0.3 is 15.1 Å². The van der Waals surface area contributed by atoms with Crippen molar-refractivity contribution in [3.63, 3.8) is 0 Å². The molecule has 0 unspecified atom stereocenters. The zero-order valence-electron chi connectivity index (χ0n) is 24.2. The lowest BCUT2D eigenvalue weighted by molar-refractivity contribution is -0.137. The minimum Gasteiger partial charge on any atom is -0.366 e. The van der Waals surface area contributed by atoms with Crippen molar-refractivity contribution in [2.45, 2.75) is 44.4 Å². The molecule has 1 N–H and O–H groups in total. The second kappa shape index (κ2) is 11.9. The van der Waals surface area contributed by atoms with Crippen molar-refractivity contribution >= 4 is 44.1 Å². The van der Waals surface area contributed by atoms with E-state index in [1.54, 1.807) is 11.3 Å². The van der Waals surface area contributed by atoms with Crippen LogP contribution in [-0.2, 0) is 12.7 Å². The molecule has 5 aromatic rings. The zero-order valence-corrected chi connectivity index (χ0v) is 25.1. The van der Waals surface area contributed by atoms with Gasteiger partial charge in [-0.1, -0.05) is 36.4 Å². The first-order valence-electron chi connectivity index (χ1n) is 15.2. The van der Waals surface area contributed by atoms with Gasteiger partial charge in [0.1, 0.15) is 5.82 Å². The van der Waals surface area contributed by atoms with Crippen LogP contribution in [0.25, 0.3) is 32.1 Å². The topological polar surface area (TPSA) is 48.5 Å². The van der Waals surface area contributed by atoms with Gasteiger partial charge in [0.2, 0.25) is 0 Å². The Morgan fingerprint density at radius 1 is 0.932 bits per heavy atom. The first-order valence-corrected chi connectivity index (χ1v) is 16.1. The average Bonchev–Trinajstić information content (AvgIpc) is 3.81. The molecule has 9 heteroatoms. The van der Waals surface area contributed by atoms with E-state index in [2.05, 4.69) is 33.8 Å². The Bertz CT molecular complexity index is 1810. The van der Waals surface area contributed by atoms with Crippen molar-refractivity contribution in [2.75, 3.05) is 31.5 Å². The quantitative estimate of drug-likeness (QED) is 0.200. The highest BCUT2D eigenvalue weighted by molar-refractivity contribution is 7.17. The number of alkyl halides is 3. The van der Waals surface area contributed by atoms with Crippen molar-refractivity contribution in [1.82, 2.24) is 14.8 Å². The highest BCUT2D eigenvalue weighted by Crippen LogP contribution is 2.37. The lowest BCUT2D eigenvalue weighted by Gasteiger charge is -2.29. The van der Waals surface area contributed by atoms with Crippen LogP contribution in [0.4, 0.5) is 19.0 Å². The maximum Gasteiger partial charge on any atom is 0.416 e. The molecular formula is C35H33F3N4OS. The number of nitrogens with one attached hydrogen (secondary N) is 1. The van der Waals surface area contributed by atoms with Crippen molar-refractivity contribution in [3.05, 3.63) is 94.9 Å². The number of likely N-dealkylation sites (tertiary alicyclic amines) is 2. The molecule has 5 nitrogen and oxygen atoms in total. The molecule has 0 spiro atoms. The minimum absolute atomic E-state index is 0.00371. The van der Waals surface area contributed by atoms with E-state index in [4.69, 9.17) is 4.98 Å². The number of fused-ring (bicyclic) bond motifs is 2. The number of benzene rings is 3. The molecule has 0 bridgehead atoms. The van der Waals surface area contributed by atoms with Gasteiger partial charge >= 0.3 is 6.18 Å². The number of carbonyl (C=O) groups is 1. The fraction of sp³-hybridized carbons (Fsp3) is 0.314. The van der Waals surface area contributed by atoms with E-state index in [1.807, 2.05) is 35.2 Å². The van der Waals surface area contributed by atoms with Gasteiger partial charge in [-0.2, -0.15) is 13.2 Å². The molecule has 2 aromatic heterocycles. The molecule has 0 aliphatic carbocycles. The first kappa shape index (κ1) is 28.8. The van der Waals surface area contributed by atoms with Gasteiger partial charge in [-0.05, 0) is 91.7 Å². The highest BCUT2D eigenvalue weighted by atomic mass is 32.1. The molecular weight excluding hydrogens is 581 g/mol. The molecule has 0 saturated carbocycles. The molecule has 1 amide bonds. The predicted molar refractivity (Wildman–Crippen MR) is 171 cm³/mol. The number of nitrogens with zero attached hydrogens (tertiary/aromatic N) is 3. The summed E-state index contributed by atoms with van der Waals surface area (Å²) in [5.41, 5.74) is 3.47. The zero-order chi connectivity index (χ0) is 30.3.